The number of fused-ring (bicyclic) bond motifs is 1. The maximum Gasteiger partial charge on any atom is 0.226 e. The van der Waals surface area contributed by atoms with Crippen molar-refractivity contribution >= 4 is 11.7 Å². The molecule has 1 aliphatic carbocycles. The molecule has 5 rings (SSSR count). The first kappa shape index (κ1) is 18.8. The Kier molecular flexibility index (Phi) is 4.35. The highest BCUT2D eigenvalue weighted by Crippen LogP contribution is 2.40. The van der Waals surface area contributed by atoms with Crippen LogP contribution in [0.5, 0.6) is 0 Å². The van der Waals surface area contributed by atoms with Crippen molar-refractivity contribution in [3.05, 3.63) is 77.0 Å². The Bertz CT molecular complexity index is 1130. The molecule has 0 spiro atoms. The van der Waals surface area contributed by atoms with Crippen molar-refractivity contribution in [1.82, 2.24) is 14.8 Å². The van der Waals surface area contributed by atoms with Crippen LogP contribution in [0.3, 0.4) is 0 Å². The quantitative estimate of drug-likeness (QED) is 0.639. The molecule has 0 saturated heterocycles. The van der Waals surface area contributed by atoms with E-state index in [1.807, 2.05) is 22.9 Å². The van der Waals surface area contributed by atoms with Gasteiger partial charge in [-0.1, -0.05) is 75.4 Å². The van der Waals surface area contributed by atoms with Crippen LogP contribution in [0, 0.1) is 0 Å². The lowest BCUT2D eigenvalue weighted by Crippen LogP contribution is -2.31. The van der Waals surface area contributed by atoms with Gasteiger partial charge >= 0.3 is 0 Å². The third kappa shape index (κ3) is 3.15. The van der Waals surface area contributed by atoms with Gasteiger partial charge in [0.2, 0.25) is 5.95 Å². The lowest BCUT2D eigenvalue weighted by Gasteiger charge is -2.32. The Hall–Kier alpha value is -3.21. The van der Waals surface area contributed by atoms with Crippen molar-refractivity contribution in [1.29, 1.82) is 0 Å². The summed E-state index contributed by atoms with van der Waals surface area (Å²) in [6.45, 7) is 6.62. The summed E-state index contributed by atoms with van der Waals surface area (Å²) in [5, 5.41) is 8.26. The van der Waals surface area contributed by atoms with E-state index >= 15 is 0 Å². The number of hydrogen-bond acceptors (Lipinski definition) is 4. The number of anilines is 1. The first-order chi connectivity index (χ1) is 14.4. The zero-order chi connectivity index (χ0) is 20.9. The Labute approximate surface area is 176 Å². The number of nitrogens with zero attached hydrogens (tertiary/aromatic N) is 3. The van der Waals surface area contributed by atoms with Crippen molar-refractivity contribution in [3.8, 4) is 11.4 Å². The largest absolute Gasteiger partial charge is 0.328 e. The van der Waals surface area contributed by atoms with Crippen LogP contribution >= 0.6 is 0 Å². The molecule has 2 aromatic carbocycles. The van der Waals surface area contributed by atoms with E-state index in [1.54, 1.807) is 0 Å². The van der Waals surface area contributed by atoms with Gasteiger partial charge in [0.15, 0.2) is 11.6 Å². The van der Waals surface area contributed by atoms with E-state index in [1.165, 1.54) is 5.56 Å². The van der Waals surface area contributed by atoms with Crippen molar-refractivity contribution in [2.24, 2.45) is 0 Å². The molecule has 0 radical (unpaired) electrons. The number of carbonyl (C=O) groups excluding carboxylic acids is 1. The molecule has 2 aliphatic rings. The minimum Gasteiger partial charge on any atom is -0.328 e. The molecule has 1 unspecified atom stereocenters. The average Bonchev–Trinajstić information content (AvgIpc) is 3.16. The van der Waals surface area contributed by atoms with Gasteiger partial charge in [0.1, 0.15) is 6.04 Å². The van der Waals surface area contributed by atoms with E-state index in [0.29, 0.717) is 18.2 Å². The Morgan fingerprint density at radius 3 is 2.43 bits per heavy atom. The zero-order valence-corrected chi connectivity index (χ0v) is 17.6. The van der Waals surface area contributed by atoms with Crippen LogP contribution in [0.2, 0.25) is 0 Å². The monoisotopic (exact) mass is 398 g/mol. The molecule has 152 valence electrons. The molecule has 0 saturated carbocycles. The second-order valence-corrected chi connectivity index (χ2v) is 9.14. The highest BCUT2D eigenvalue weighted by Gasteiger charge is 2.36. The SMILES string of the molecule is CC(C)(C)c1ccc(-c2nc3n(n2)C(c2ccccc2)C2=C(CCCC2=O)N3)cc1. The van der Waals surface area contributed by atoms with Gasteiger partial charge in [-0.15, -0.1) is 5.10 Å². The summed E-state index contributed by atoms with van der Waals surface area (Å²) < 4.78 is 1.88. The number of Topliss-reactive ketones (excluding diaryl/α,β-unsaturated/α-hetero) is 1. The smallest absolute Gasteiger partial charge is 0.226 e. The molecule has 1 aromatic heterocycles. The van der Waals surface area contributed by atoms with E-state index in [9.17, 15) is 4.79 Å². The zero-order valence-electron chi connectivity index (χ0n) is 17.6. The molecule has 1 aliphatic heterocycles. The molecular weight excluding hydrogens is 372 g/mol. The molecule has 0 bridgehead atoms. The molecule has 3 aromatic rings. The number of hydrogen-bond donors (Lipinski definition) is 1. The molecule has 0 fully saturated rings. The van der Waals surface area contributed by atoms with E-state index < -0.39 is 0 Å². The topological polar surface area (TPSA) is 59.8 Å². The summed E-state index contributed by atoms with van der Waals surface area (Å²) in [5.74, 6) is 1.58. The number of nitrogens with one attached hydrogen (secondary N) is 1. The van der Waals surface area contributed by atoms with Gasteiger partial charge in [0.25, 0.3) is 0 Å². The molecule has 1 atom stereocenters. The average molecular weight is 399 g/mol. The van der Waals surface area contributed by atoms with E-state index in [0.717, 1.165) is 35.2 Å². The third-order valence-electron chi connectivity index (χ3n) is 5.99. The first-order valence-electron chi connectivity index (χ1n) is 10.6. The van der Waals surface area contributed by atoms with Crippen molar-refractivity contribution in [2.45, 2.75) is 51.5 Å². The minimum absolute atomic E-state index is 0.0999. The molecular formula is C25H26N4O. The standard InChI is InChI=1S/C25H26N4O/c1-25(2,3)18-14-12-17(13-15-18)23-27-24-26-19-10-7-11-20(30)21(19)22(29(24)28-23)16-8-5-4-6-9-16/h4-6,8-9,12-15,22H,7,10-11H2,1-3H3,(H,26,27,28). The van der Waals surface area contributed by atoms with Crippen molar-refractivity contribution in [3.63, 3.8) is 0 Å². The van der Waals surface area contributed by atoms with E-state index in [4.69, 9.17) is 10.1 Å². The lowest BCUT2D eigenvalue weighted by molar-refractivity contribution is -0.116. The fourth-order valence-electron chi connectivity index (χ4n) is 4.34. The van der Waals surface area contributed by atoms with Crippen LogP contribution in [0.25, 0.3) is 11.4 Å². The Morgan fingerprint density at radius 2 is 1.73 bits per heavy atom. The van der Waals surface area contributed by atoms with Crippen LogP contribution in [0.4, 0.5) is 5.95 Å². The summed E-state index contributed by atoms with van der Waals surface area (Å²) in [7, 11) is 0. The van der Waals surface area contributed by atoms with Crippen molar-refractivity contribution in [2.75, 3.05) is 5.32 Å². The molecule has 5 heteroatoms. The van der Waals surface area contributed by atoms with Crippen LogP contribution in [0.15, 0.2) is 65.9 Å². The number of ketones is 1. The van der Waals surface area contributed by atoms with Gasteiger partial charge in [-0.25, -0.2) is 4.68 Å². The molecule has 2 heterocycles. The fourth-order valence-corrected chi connectivity index (χ4v) is 4.34. The Morgan fingerprint density at radius 1 is 1.00 bits per heavy atom. The van der Waals surface area contributed by atoms with Crippen LogP contribution in [-0.4, -0.2) is 20.5 Å². The minimum atomic E-state index is -0.236. The van der Waals surface area contributed by atoms with Gasteiger partial charge in [0.05, 0.1) is 0 Å². The molecule has 5 nitrogen and oxygen atoms in total. The third-order valence-corrected chi connectivity index (χ3v) is 5.99. The van der Waals surface area contributed by atoms with Gasteiger partial charge in [-0.3, -0.25) is 4.79 Å². The number of benzene rings is 2. The summed E-state index contributed by atoms with van der Waals surface area (Å²) in [6, 6.07) is 18.3. The second kappa shape index (κ2) is 6.94. The summed E-state index contributed by atoms with van der Waals surface area (Å²) in [6.07, 6.45) is 2.34. The van der Waals surface area contributed by atoms with Gasteiger partial charge in [-0.05, 0) is 29.4 Å². The summed E-state index contributed by atoms with van der Waals surface area (Å²) in [4.78, 5) is 17.7. The summed E-state index contributed by atoms with van der Waals surface area (Å²) in [5.41, 5.74) is 5.24. The predicted molar refractivity (Wildman–Crippen MR) is 118 cm³/mol. The lowest BCUT2D eigenvalue weighted by atomic mass is 9.85. The summed E-state index contributed by atoms with van der Waals surface area (Å²) >= 11 is 0. The Balaban J connectivity index is 1.60. The normalized spacial score (nSPS) is 18.6. The van der Waals surface area contributed by atoms with Crippen LogP contribution in [-0.2, 0) is 10.2 Å². The first-order valence-corrected chi connectivity index (χ1v) is 10.6. The number of aromatic nitrogens is 3. The predicted octanol–water partition coefficient (Wildman–Crippen LogP) is 5.26. The van der Waals surface area contributed by atoms with Gasteiger partial charge in [0, 0.05) is 23.3 Å². The number of carbonyl (C=O) groups is 1. The van der Waals surface area contributed by atoms with Crippen molar-refractivity contribution < 1.29 is 4.79 Å². The highest BCUT2D eigenvalue weighted by molar-refractivity contribution is 5.99. The molecule has 30 heavy (non-hydrogen) atoms. The number of allylic oxidation sites excluding steroid dienone is 2. The van der Waals surface area contributed by atoms with Gasteiger partial charge < -0.3 is 5.32 Å². The van der Waals surface area contributed by atoms with E-state index in [2.05, 4.69) is 62.5 Å². The van der Waals surface area contributed by atoms with Crippen LogP contribution in [0.1, 0.15) is 57.2 Å². The maximum absolute atomic E-state index is 12.9. The maximum atomic E-state index is 12.9. The molecule has 0 amide bonds. The van der Waals surface area contributed by atoms with Gasteiger partial charge in [-0.2, -0.15) is 4.98 Å². The fraction of sp³-hybridized carbons (Fsp3) is 0.320. The second-order valence-electron chi connectivity index (χ2n) is 9.14. The van der Waals surface area contributed by atoms with Crippen LogP contribution < -0.4 is 5.32 Å². The molecule has 1 N–H and O–H groups in total. The highest BCUT2D eigenvalue weighted by atomic mass is 16.1. The van der Waals surface area contributed by atoms with E-state index in [-0.39, 0.29) is 17.2 Å². The number of rotatable bonds is 2.